The highest BCUT2D eigenvalue weighted by Crippen LogP contribution is 2.39. The number of esters is 1. The van der Waals surface area contributed by atoms with E-state index in [4.69, 9.17) is 9.47 Å². The molecular weight excluding hydrogens is 629 g/mol. The van der Waals surface area contributed by atoms with Crippen molar-refractivity contribution in [1.29, 1.82) is 0 Å². The first kappa shape index (κ1) is 40.4. The minimum atomic E-state index is -0.373. The fraction of sp³-hybridized carbons (Fsp3) is 0.553. The maximum absolute atomic E-state index is 12.1. The monoisotopic (exact) mass is 694 g/mol. The summed E-state index contributed by atoms with van der Waals surface area (Å²) >= 11 is 0. The average molecular weight is 695 g/mol. The number of benzene rings is 3. The van der Waals surface area contributed by atoms with Gasteiger partial charge in [0.2, 0.25) is 0 Å². The van der Waals surface area contributed by atoms with Crippen molar-refractivity contribution in [1.82, 2.24) is 0 Å². The van der Waals surface area contributed by atoms with E-state index in [1.165, 1.54) is 79.2 Å². The molecule has 1 N–H and O–H groups in total. The highest BCUT2D eigenvalue weighted by Gasteiger charge is 2.27. The van der Waals surface area contributed by atoms with Crippen molar-refractivity contribution < 1.29 is 19.4 Å². The average Bonchev–Trinajstić information content (AvgIpc) is 3.17. The predicted molar refractivity (Wildman–Crippen MR) is 214 cm³/mol. The zero-order valence-electron chi connectivity index (χ0n) is 32.5. The number of hydrogen-bond donors (Lipinski definition) is 1. The normalized spacial score (nSPS) is 17.1. The van der Waals surface area contributed by atoms with Crippen molar-refractivity contribution >= 4 is 5.97 Å². The van der Waals surface area contributed by atoms with Gasteiger partial charge in [0.1, 0.15) is 5.75 Å². The van der Waals surface area contributed by atoms with E-state index < -0.39 is 0 Å². The second-order valence-electron chi connectivity index (χ2n) is 15.3. The van der Waals surface area contributed by atoms with Crippen LogP contribution in [0.25, 0.3) is 22.3 Å². The van der Waals surface area contributed by atoms with Crippen molar-refractivity contribution in [3.8, 4) is 28.0 Å². The highest BCUT2D eigenvalue weighted by atomic mass is 16.5. The summed E-state index contributed by atoms with van der Waals surface area (Å²) in [6.07, 6.45) is 17.4. The van der Waals surface area contributed by atoms with Crippen LogP contribution >= 0.6 is 0 Å². The molecule has 0 amide bonds. The Bertz CT molecular complexity index is 1510. The number of aryl methyl sites for hydroxylation is 1. The minimum Gasteiger partial charge on any atom is -0.493 e. The van der Waals surface area contributed by atoms with Crippen LogP contribution in [0.3, 0.4) is 0 Å². The number of carbonyl (C=O) groups is 1. The molecule has 0 aromatic heterocycles. The standard InChI is InChI=1S/C47H66O4/c1-7-11-13-14-36-15-17-38(18-16-36)39-19-21-40(22-20-39)41-23-25-44(37(9-3)32-41)42-24-26-45(43(33-42)27-30-51-46(49)35(5)6)50-31-29-47(10-4,34-48)28-12-8-2/h19-26,32-33,36,38,48H,5,7-18,27-31,34H2,1-4,6H3. The molecule has 3 aromatic carbocycles. The first-order chi connectivity index (χ1) is 24.8. The Kier molecular flexibility index (Phi) is 16.3. The van der Waals surface area contributed by atoms with Gasteiger partial charge >= 0.3 is 5.97 Å². The first-order valence-corrected chi connectivity index (χ1v) is 20.2. The summed E-state index contributed by atoms with van der Waals surface area (Å²) in [7, 11) is 0. The van der Waals surface area contributed by atoms with E-state index in [9.17, 15) is 9.90 Å². The van der Waals surface area contributed by atoms with Crippen LogP contribution in [0.15, 0.2) is 72.8 Å². The van der Waals surface area contributed by atoms with Gasteiger partial charge in [0.25, 0.3) is 0 Å². The van der Waals surface area contributed by atoms with Crippen LogP contribution in [0.5, 0.6) is 5.75 Å². The van der Waals surface area contributed by atoms with E-state index in [1.807, 2.05) is 0 Å². The zero-order chi connectivity index (χ0) is 36.6. The third-order valence-corrected chi connectivity index (χ3v) is 11.6. The molecule has 3 aromatic rings. The van der Waals surface area contributed by atoms with Crippen LogP contribution in [-0.4, -0.2) is 30.9 Å². The Morgan fingerprint density at radius 1 is 0.804 bits per heavy atom. The molecule has 4 rings (SSSR count). The number of carbonyl (C=O) groups excluding carboxylic acids is 1. The van der Waals surface area contributed by atoms with Gasteiger partial charge in [-0.25, -0.2) is 4.79 Å². The molecule has 0 saturated heterocycles. The molecular formula is C47H66O4. The molecule has 0 radical (unpaired) electrons. The zero-order valence-corrected chi connectivity index (χ0v) is 32.5. The van der Waals surface area contributed by atoms with Gasteiger partial charge in [0.15, 0.2) is 0 Å². The van der Waals surface area contributed by atoms with E-state index in [1.54, 1.807) is 6.92 Å². The lowest BCUT2D eigenvalue weighted by molar-refractivity contribution is -0.138. The lowest BCUT2D eigenvalue weighted by atomic mass is 9.77. The number of ether oxygens (including phenoxy) is 2. The van der Waals surface area contributed by atoms with Crippen LogP contribution < -0.4 is 4.74 Å². The lowest BCUT2D eigenvalue weighted by Crippen LogP contribution is -2.27. The Morgan fingerprint density at radius 3 is 2.14 bits per heavy atom. The smallest absolute Gasteiger partial charge is 0.333 e. The molecule has 1 atom stereocenters. The van der Waals surface area contributed by atoms with Crippen molar-refractivity contribution in [3.63, 3.8) is 0 Å². The van der Waals surface area contributed by atoms with Crippen molar-refractivity contribution in [2.45, 2.75) is 137 Å². The van der Waals surface area contributed by atoms with E-state index in [0.717, 1.165) is 61.3 Å². The van der Waals surface area contributed by atoms with Crippen LogP contribution in [0, 0.1) is 11.3 Å². The molecule has 1 fully saturated rings. The number of rotatable bonds is 21. The molecule has 278 valence electrons. The van der Waals surface area contributed by atoms with Crippen LogP contribution in [-0.2, 0) is 22.4 Å². The molecule has 4 heteroatoms. The van der Waals surface area contributed by atoms with Gasteiger partial charge < -0.3 is 14.6 Å². The summed E-state index contributed by atoms with van der Waals surface area (Å²) in [5.74, 6) is 2.07. The highest BCUT2D eigenvalue weighted by molar-refractivity contribution is 5.86. The summed E-state index contributed by atoms with van der Waals surface area (Å²) in [6.45, 7) is 15.2. The van der Waals surface area contributed by atoms with Gasteiger partial charge in [0.05, 0.1) is 13.2 Å². The Morgan fingerprint density at radius 2 is 1.49 bits per heavy atom. The predicted octanol–water partition coefficient (Wildman–Crippen LogP) is 12.4. The topological polar surface area (TPSA) is 55.8 Å². The molecule has 0 spiro atoms. The summed E-state index contributed by atoms with van der Waals surface area (Å²) in [6, 6.07) is 22.6. The maximum Gasteiger partial charge on any atom is 0.333 e. The SMILES string of the molecule is C=C(C)C(=O)OCCc1cc(-c2ccc(-c3ccc(C4CCC(CCCCC)CC4)cc3)cc2CC)ccc1OCCC(CC)(CO)CCCC. The van der Waals surface area contributed by atoms with Gasteiger partial charge in [0, 0.05) is 18.6 Å². The third-order valence-electron chi connectivity index (χ3n) is 11.6. The van der Waals surface area contributed by atoms with Gasteiger partial charge in [-0.3, -0.25) is 0 Å². The van der Waals surface area contributed by atoms with Crippen LogP contribution in [0.1, 0.15) is 141 Å². The quantitative estimate of drug-likeness (QED) is 0.0685. The number of aliphatic hydroxyl groups excluding tert-OH is 1. The molecule has 1 aliphatic rings. The van der Waals surface area contributed by atoms with Gasteiger partial charge in [-0.15, -0.1) is 0 Å². The summed E-state index contributed by atoms with van der Waals surface area (Å²) in [5.41, 5.74) is 8.96. The first-order valence-electron chi connectivity index (χ1n) is 20.2. The Balaban J connectivity index is 1.49. The molecule has 0 heterocycles. The van der Waals surface area contributed by atoms with E-state index in [2.05, 4.69) is 94.9 Å². The summed E-state index contributed by atoms with van der Waals surface area (Å²) < 4.78 is 11.9. The summed E-state index contributed by atoms with van der Waals surface area (Å²) in [5, 5.41) is 10.3. The van der Waals surface area contributed by atoms with E-state index in [0.29, 0.717) is 24.5 Å². The molecule has 1 aliphatic carbocycles. The minimum absolute atomic E-state index is 0.113. The number of unbranched alkanes of at least 4 members (excludes halogenated alkanes) is 3. The third kappa shape index (κ3) is 11.6. The molecule has 51 heavy (non-hydrogen) atoms. The second kappa shape index (κ2) is 20.6. The molecule has 4 nitrogen and oxygen atoms in total. The molecule has 1 unspecified atom stereocenters. The second-order valence-corrected chi connectivity index (χ2v) is 15.3. The maximum atomic E-state index is 12.1. The lowest BCUT2D eigenvalue weighted by Gasteiger charge is -2.31. The molecule has 1 saturated carbocycles. The fourth-order valence-corrected chi connectivity index (χ4v) is 7.90. The van der Waals surface area contributed by atoms with Crippen molar-refractivity contribution in [3.05, 3.63) is 89.5 Å². The van der Waals surface area contributed by atoms with E-state index >= 15 is 0 Å². The van der Waals surface area contributed by atoms with E-state index in [-0.39, 0.29) is 24.6 Å². The Labute approximate surface area is 310 Å². The molecule has 0 bridgehead atoms. The number of hydrogen-bond acceptors (Lipinski definition) is 4. The fourth-order valence-electron chi connectivity index (χ4n) is 7.90. The van der Waals surface area contributed by atoms with Crippen molar-refractivity contribution in [2.75, 3.05) is 19.8 Å². The van der Waals surface area contributed by atoms with Gasteiger partial charge in [-0.05, 0) is 127 Å². The summed E-state index contributed by atoms with van der Waals surface area (Å²) in [4.78, 5) is 12.1. The van der Waals surface area contributed by atoms with Crippen molar-refractivity contribution in [2.24, 2.45) is 11.3 Å². The van der Waals surface area contributed by atoms with Crippen LogP contribution in [0.4, 0.5) is 0 Å². The largest absolute Gasteiger partial charge is 0.493 e. The van der Waals surface area contributed by atoms with Gasteiger partial charge in [-0.2, -0.15) is 0 Å². The van der Waals surface area contributed by atoms with Crippen LogP contribution in [0.2, 0.25) is 0 Å². The number of aliphatic hydroxyl groups is 1. The Hall–Kier alpha value is -3.37. The van der Waals surface area contributed by atoms with Gasteiger partial charge in [-0.1, -0.05) is 121 Å². The molecule has 0 aliphatic heterocycles.